The van der Waals surface area contributed by atoms with Crippen LogP contribution in [0.3, 0.4) is 0 Å². The quantitative estimate of drug-likeness (QED) is 0.485. The summed E-state index contributed by atoms with van der Waals surface area (Å²) in [5.74, 6) is 1.15. The van der Waals surface area contributed by atoms with E-state index in [-0.39, 0.29) is 29.2 Å². The van der Waals surface area contributed by atoms with Gasteiger partial charge in [-0.2, -0.15) is 0 Å². The predicted octanol–water partition coefficient (Wildman–Crippen LogP) is 4.96. The molecule has 4 heteroatoms. The Morgan fingerprint density at radius 1 is 1.17 bits per heavy atom. The average molecular weight is 411 g/mol. The summed E-state index contributed by atoms with van der Waals surface area (Å²) in [4.78, 5) is 25.4. The van der Waals surface area contributed by atoms with Crippen LogP contribution in [-0.2, 0) is 19.1 Å². The minimum Gasteiger partial charge on any atom is -0.359 e. The second kappa shape index (κ2) is 6.86. The van der Waals surface area contributed by atoms with Crippen molar-refractivity contribution in [3.63, 3.8) is 0 Å². The van der Waals surface area contributed by atoms with Gasteiger partial charge in [0.2, 0.25) is 0 Å². The summed E-state index contributed by atoms with van der Waals surface area (Å²) in [6.07, 6.45) is 6.16. The number of carbonyl (C=O) groups is 2. The lowest BCUT2D eigenvalue weighted by atomic mass is 9.44. The molecule has 0 aliphatic heterocycles. The number of fused-ring (bicyclic) bond motifs is 5. The van der Waals surface area contributed by atoms with Crippen molar-refractivity contribution in [3.05, 3.63) is 48.1 Å². The van der Waals surface area contributed by atoms with Crippen LogP contribution in [0.2, 0.25) is 0 Å². The number of carbonyl (C=O) groups excluding carboxylic acids is 2. The summed E-state index contributed by atoms with van der Waals surface area (Å²) in [5, 5.41) is 0. The van der Waals surface area contributed by atoms with Gasteiger partial charge in [0.25, 0.3) is 0 Å². The molecule has 3 fully saturated rings. The smallest absolute Gasteiger partial charge is 0.185 e. The highest BCUT2D eigenvalue weighted by Gasteiger charge is 2.67. The molecule has 4 aliphatic carbocycles. The largest absolute Gasteiger partial charge is 0.359 e. The van der Waals surface area contributed by atoms with Gasteiger partial charge in [-0.15, -0.1) is 0 Å². The summed E-state index contributed by atoms with van der Waals surface area (Å²) >= 11 is 0. The summed E-state index contributed by atoms with van der Waals surface area (Å²) in [7, 11) is 1.60. The van der Waals surface area contributed by atoms with E-state index < -0.39 is 5.60 Å². The maximum atomic E-state index is 12.9. The highest BCUT2D eigenvalue weighted by Crippen LogP contribution is 2.69. The Bertz CT molecular complexity index is 895. The highest BCUT2D eigenvalue weighted by atomic mass is 16.7. The van der Waals surface area contributed by atoms with Crippen molar-refractivity contribution >= 4 is 11.6 Å². The number of ketones is 2. The van der Waals surface area contributed by atoms with E-state index in [1.807, 2.05) is 0 Å². The van der Waals surface area contributed by atoms with Gasteiger partial charge >= 0.3 is 0 Å². The van der Waals surface area contributed by atoms with Crippen molar-refractivity contribution in [2.45, 2.75) is 58.5 Å². The first-order valence-corrected chi connectivity index (χ1v) is 11.0. The van der Waals surface area contributed by atoms with E-state index in [9.17, 15) is 9.59 Å². The molecule has 3 saturated carbocycles. The maximum Gasteiger partial charge on any atom is 0.185 e. The monoisotopic (exact) mass is 410 g/mol. The van der Waals surface area contributed by atoms with Gasteiger partial charge in [0.15, 0.2) is 11.6 Å². The molecular formula is C26H34O4. The molecule has 0 aromatic carbocycles. The lowest BCUT2D eigenvalue weighted by molar-refractivity contribution is -0.198. The molecule has 4 nitrogen and oxygen atoms in total. The van der Waals surface area contributed by atoms with Crippen molar-refractivity contribution in [1.82, 2.24) is 0 Å². The molecule has 0 bridgehead atoms. The lowest BCUT2D eigenvalue weighted by Gasteiger charge is -2.60. The minimum atomic E-state index is -0.792. The number of allylic oxidation sites excluding steroid dienone is 4. The molecule has 0 heterocycles. The molecule has 0 unspecified atom stereocenters. The fraction of sp³-hybridized carbons (Fsp3) is 0.615. The molecule has 0 aromatic heterocycles. The Balaban J connectivity index is 1.77. The summed E-state index contributed by atoms with van der Waals surface area (Å²) in [6.45, 7) is 19.0. The standard InChI is InChI=1S/C26H34O4/c1-15-12-19-20-9-11-26(18(4)27,30-14-29-7)24(20,5)10-8-21(19)25(6)17(3)16(2)23(28)13-22(15)25/h13,19-21H,1-3,8-12,14H2,4-7H3/t19-,20-,21-,24-,25+,26-/m0/s1. The normalized spacial score (nSPS) is 43.1. The van der Waals surface area contributed by atoms with Gasteiger partial charge in [0.05, 0.1) is 0 Å². The third-order valence-corrected chi connectivity index (χ3v) is 9.28. The first-order chi connectivity index (χ1) is 14.0. The van der Waals surface area contributed by atoms with E-state index in [2.05, 4.69) is 33.6 Å². The molecule has 0 saturated heterocycles. The summed E-state index contributed by atoms with van der Waals surface area (Å²) < 4.78 is 11.4. The van der Waals surface area contributed by atoms with Crippen molar-refractivity contribution < 1.29 is 19.1 Å². The molecule has 6 atom stereocenters. The summed E-state index contributed by atoms with van der Waals surface area (Å²) in [6, 6.07) is 0. The van der Waals surface area contributed by atoms with Crippen molar-refractivity contribution in [2.24, 2.45) is 28.6 Å². The van der Waals surface area contributed by atoms with Crippen LogP contribution in [0.25, 0.3) is 0 Å². The van der Waals surface area contributed by atoms with Crippen molar-refractivity contribution in [1.29, 1.82) is 0 Å². The van der Waals surface area contributed by atoms with E-state index in [1.165, 1.54) is 0 Å². The van der Waals surface area contributed by atoms with Crippen LogP contribution >= 0.6 is 0 Å². The first kappa shape index (κ1) is 21.5. The Kier molecular flexibility index (Phi) is 4.91. The molecule has 4 aliphatic rings. The number of hydrogen-bond acceptors (Lipinski definition) is 4. The third kappa shape index (κ3) is 2.47. The number of rotatable bonds is 4. The molecule has 0 radical (unpaired) electrons. The summed E-state index contributed by atoms with van der Waals surface area (Å²) in [5.41, 5.74) is 2.09. The van der Waals surface area contributed by atoms with Gasteiger partial charge in [0, 0.05) is 23.5 Å². The first-order valence-electron chi connectivity index (χ1n) is 11.0. The Morgan fingerprint density at radius 3 is 2.47 bits per heavy atom. The zero-order valence-electron chi connectivity index (χ0n) is 18.8. The molecule has 4 rings (SSSR count). The highest BCUT2D eigenvalue weighted by molar-refractivity contribution is 6.09. The molecular weight excluding hydrogens is 376 g/mol. The van der Waals surface area contributed by atoms with Crippen LogP contribution in [0.15, 0.2) is 48.1 Å². The predicted molar refractivity (Wildman–Crippen MR) is 117 cm³/mol. The van der Waals surface area contributed by atoms with Gasteiger partial charge in [-0.1, -0.05) is 39.2 Å². The van der Waals surface area contributed by atoms with Crippen LogP contribution < -0.4 is 0 Å². The number of methoxy groups -OCH3 is 1. The topological polar surface area (TPSA) is 52.6 Å². The van der Waals surface area contributed by atoms with Gasteiger partial charge in [-0.05, 0) is 74.0 Å². The van der Waals surface area contributed by atoms with Gasteiger partial charge in [-0.25, -0.2) is 0 Å². The Labute approximate surface area is 180 Å². The van der Waals surface area contributed by atoms with E-state index in [4.69, 9.17) is 9.47 Å². The maximum absolute atomic E-state index is 12.9. The fourth-order valence-electron chi connectivity index (χ4n) is 7.64. The zero-order chi connectivity index (χ0) is 22.1. The zero-order valence-corrected chi connectivity index (χ0v) is 18.8. The lowest BCUT2D eigenvalue weighted by Crippen LogP contribution is -2.58. The molecule has 0 amide bonds. The average Bonchev–Trinajstić information content (AvgIpc) is 3.00. The Morgan fingerprint density at radius 2 is 1.83 bits per heavy atom. The van der Waals surface area contributed by atoms with Crippen molar-refractivity contribution in [2.75, 3.05) is 13.9 Å². The van der Waals surface area contributed by atoms with Crippen molar-refractivity contribution in [3.8, 4) is 0 Å². The fourth-order valence-corrected chi connectivity index (χ4v) is 7.64. The van der Waals surface area contributed by atoms with Crippen LogP contribution in [0, 0.1) is 28.6 Å². The SMILES string of the molecule is C=C1C[C@@H]2[C@H](CC[C@@]3(C)[C@H]2CC[C@]3(OCOC)C(C)=O)[C@@]2(C)C(=C)C(=C)C(=O)C=C12. The molecule has 0 N–H and O–H groups in total. The number of Topliss-reactive ketones (excluding diaryl/α,β-unsaturated/α-hetero) is 1. The third-order valence-electron chi connectivity index (χ3n) is 9.28. The minimum absolute atomic E-state index is 0.0443. The van der Waals surface area contributed by atoms with Gasteiger partial charge < -0.3 is 9.47 Å². The van der Waals surface area contributed by atoms with E-state index >= 15 is 0 Å². The van der Waals surface area contributed by atoms with Gasteiger partial charge in [-0.3, -0.25) is 9.59 Å². The van der Waals surface area contributed by atoms with Crippen LogP contribution in [0.5, 0.6) is 0 Å². The van der Waals surface area contributed by atoms with Crippen LogP contribution in [0.1, 0.15) is 52.9 Å². The molecule has 0 aromatic rings. The number of hydrogen-bond donors (Lipinski definition) is 0. The second-order valence-electron chi connectivity index (χ2n) is 10.2. The van der Waals surface area contributed by atoms with E-state index in [1.54, 1.807) is 20.1 Å². The second-order valence-corrected chi connectivity index (χ2v) is 10.2. The van der Waals surface area contributed by atoms with Crippen LogP contribution in [0.4, 0.5) is 0 Å². The Hall–Kier alpha value is -1.78. The number of ether oxygens (including phenoxy) is 2. The van der Waals surface area contributed by atoms with Crippen LogP contribution in [-0.4, -0.2) is 31.1 Å². The molecule has 0 spiro atoms. The molecule has 162 valence electrons. The van der Waals surface area contributed by atoms with E-state index in [0.717, 1.165) is 48.8 Å². The van der Waals surface area contributed by atoms with Gasteiger partial charge in [0.1, 0.15) is 12.4 Å². The van der Waals surface area contributed by atoms with E-state index in [0.29, 0.717) is 23.3 Å². The molecule has 30 heavy (non-hydrogen) atoms.